The predicted octanol–water partition coefficient (Wildman–Crippen LogP) is 4.79. The maximum absolute atomic E-state index is 13.0. The molecule has 30 heavy (non-hydrogen) atoms. The van der Waals surface area contributed by atoms with Crippen LogP contribution in [0.2, 0.25) is 0 Å². The second-order valence-electron chi connectivity index (χ2n) is 6.54. The van der Waals surface area contributed by atoms with Crippen molar-refractivity contribution in [1.29, 1.82) is 0 Å². The van der Waals surface area contributed by atoms with Gasteiger partial charge in [0, 0.05) is 12.3 Å². The third kappa shape index (κ3) is 5.54. The van der Waals surface area contributed by atoms with Crippen molar-refractivity contribution in [3.63, 3.8) is 0 Å². The summed E-state index contributed by atoms with van der Waals surface area (Å²) in [6.07, 6.45) is 4.84. The van der Waals surface area contributed by atoms with Gasteiger partial charge in [0.05, 0.1) is 17.4 Å². The van der Waals surface area contributed by atoms with Crippen molar-refractivity contribution < 1.29 is 19.4 Å². The smallest absolute Gasteiger partial charge is 0.328 e. The van der Waals surface area contributed by atoms with Gasteiger partial charge in [-0.1, -0.05) is 43.3 Å². The molecular formula is C24H22N2O4. The van der Waals surface area contributed by atoms with Gasteiger partial charge in [-0.15, -0.1) is 0 Å². The van der Waals surface area contributed by atoms with E-state index in [1.165, 1.54) is 0 Å². The van der Waals surface area contributed by atoms with Gasteiger partial charge < -0.3 is 15.2 Å². The van der Waals surface area contributed by atoms with Gasteiger partial charge in [0.1, 0.15) is 12.4 Å². The number of pyridine rings is 1. The number of nitrogens with zero attached hydrogens (tertiary/aromatic N) is 1. The number of carboxylic acids is 1. The molecule has 1 amide bonds. The highest BCUT2D eigenvalue weighted by molar-refractivity contribution is 6.06. The number of amides is 1. The van der Waals surface area contributed by atoms with Crippen molar-refractivity contribution in [3.05, 3.63) is 95.8 Å². The zero-order valence-corrected chi connectivity index (χ0v) is 16.5. The molecule has 2 N–H and O–H groups in total. The summed E-state index contributed by atoms with van der Waals surface area (Å²) in [5.74, 6) is -0.980. The lowest BCUT2D eigenvalue weighted by Gasteiger charge is -2.14. The van der Waals surface area contributed by atoms with Gasteiger partial charge in [-0.05, 0) is 47.4 Å². The van der Waals surface area contributed by atoms with Crippen LogP contribution in [0.5, 0.6) is 5.75 Å². The van der Waals surface area contributed by atoms with Crippen molar-refractivity contribution in [2.24, 2.45) is 0 Å². The standard InChI is InChI=1S/C24H22N2O4/c1-2-18(14-23(27)28)19-10-11-22(30-16-17-7-4-3-5-8-17)21(13-19)24(29)26-20-9-6-12-25-15-20/h3-15H,2,16H2,1H3,(H,26,29)(H,27,28)/b18-14-. The Bertz CT molecular complexity index is 1050. The predicted molar refractivity (Wildman–Crippen MR) is 115 cm³/mol. The second kappa shape index (κ2) is 10.0. The largest absolute Gasteiger partial charge is 0.488 e. The zero-order valence-electron chi connectivity index (χ0n) is 16.5. The molecule has 0 aliphatic carbocycles. The average molecular weight is 402 g/mol. The lowest BCUT2D eigenvalue weighted by atomic mass is 9.99. The molecule has 0 unspecified atom stereocenters. The number of aromatic nitrogens is 1. The summed E-state index contributed by atoms with van der Waals surface area (Å²) in [6, 6.07) is 18.2. The number of carbonyl (C=O) groups is 2. The third-order valence-corrected chi connectivity index (χ3v) is 4.43. The van der Waals surface area contributed by atoms with Crippen LogP contribution in [-0.2, 0) is 11.4 Å². The molecular weight excluding hydrogens is 380 g/mol. The zero-order chi connectivity index (χ0) is 21.3. The summed E-state index contributed by atoms with van der Waals surface area (Å²) >= 11 is 0. The number of aliphatic carboxylic acids is 1. The molecule has 3 rings (SSSR count). The highest BCUT2D eigenvalue weighted by atomic mass is 16.5. The Labute approximate surface area is 174 Å². The summed E-state index contributed by atoms with van der Waals surface area (Å²) < 4.78 is 5.92. The quantitative estimate of drug-likeness (QED) is 0.529. The third-order valence-electron chi connectivity index (χ3n) is 4.43. The molecule has 0 aliphatic heterocycles. The van der Waals surface area contributed by atoms with Crippen LogP contribution in [0.4, 0.5) is 5.69 Å². The molecule has 152 valence electrons. The van der Waals surface area contributed by atoms with Crippen molar-refractivity contribution in [2.45, 2.75) is 20.0 Å². The fourth-order valence-corrected chi connectivity index (χ4v) is 2.94. The van der Waals surface area contributed by atoms with Crippen LogP contribution in [0.25, 0.3) is 5.57 Å². The van der Waals surface area contributed by atoms with Crippen LogP contribution in [0, 0.1) is 0 Å². The van der Waals surface area contributed by atoms with Crippen LogP contribution < -0.4 is 10.1 Å². The molecule has 0 aliphatic rings. The van der Waals surface area contributed by atoms with Gasteiger partial charge in [-0.25, -0.2) is 4.79 Å². The van der Waals surface area contributed by atoms with Gasteiger partial charge in [-0.3, -0.25) is 9.78 Å². The highest BCUT2D eigenvalue weighted by Crippen LogP contribution is 2.27. The highest BCUT2D eigenvalue weighted by Gasteiger charge is 2.16. The number of rotatable bonds is 8. The lowest BCUT2D eigenvalue weighted by Crippen LogP contribution is -2.14. The number of carbonyl (C=O) groups excluding carboxylic acids is 1. The van der Waals surface area contributed by atoms with E-state index in [1.807, 2.05) is 37.3 Å². The van der Waals surface area contributed by atoms with Gasteiger partial charge in [0.2, 0.25) is 0 Å². The fraction of sp³-hybridized carbons (Fsp3) is 0.125. The fourth-order valence-electron chi connectivity index (χ4n) is 2.94. The first-order valence-electron chi connectivity index (χ1n) is 9.53. The second-order valence-corrected chi connectivity index (χ2v) is 6.54. The number of nitrogens with one attached hydrogen (secondary N) is 1. The molecule has 1 heterocycles. The van der Waals surface area contributed by atoms with Gasteiger partial charge in [0.25, 0.3) is 5.91 Å². The number of benzene rings is 2. The van der Waals surface area contributed by atoms with E-state index < -0.39 is 5.97 Å². The van der Waals surface area contributed by atoms with Crippen molar-refractivity contribution in [3.8, 4) is 5.75 Å². The molecule has 6 heteroatoms. The van der Waals surface area contributed by atoms with E-state index in [1.54, 1.807) is 42.7 Å². The van der Waals surface area contributed by atoms with Crippen LogP contribution in [0.15, 0.2) is 79.1 Å². The Balaban J connectivity index is 1.93. The number of hydrogen-bond acceptors (Lipinski definition) is 4. The Morgan fingerprint density at radius 1 is 1.10 bits per heavy atom. The number of carboxylic acid groups (broad SMARTS) is 1. The van der Waals surface area contributed by atoms with E-state index in [-0.39, 0.29) is 5.91 Å². The van der Waals surface area contributed by atoms with Crippen molar-refractivity contribution in [1.82, 2.24) is 4.98 Å². The summed E-state index contributed by atoms with van der Waals surface area (Å²) in [7, 11) is 0. The van der Waals surface area contributed by atoms with E-state index >= 15 is 0 Å². The van der Waals surface area contributed by atoms with E-state index in [0.717, 1.165) is 11.6 Å². The van der Waals surface area contributed by atoms with E-state index in [4.69, 9.17) is 9.84 Å². The van der Waals surface area contributed by atoms with Crippen LogP contribution in [-0.4, -0.2) is 22.0 Å². The van der Waals surface area contributed by atoms with Crippen molar-refractivity contribution >= 4 is 23.1 Å². The normalized spacial score (nSPS) is 11.0. The molecule has 6 nitrogen and oxygen atoms in total. The van der Waals surface area contributed by atoms with Crippen LogP contribution in [0.1, 0.15) is 34.8 Å². The number of anilines is 1. The summed E-state index contributed by atoms with van der Waals surface area (Å²) in [5.41, 5.74) is 3.12. The SMILES string of the molecule is CC/C(=C/C(=O)O)c1ccc(OCc2ccccc2)c(C(=O)Nc2cccnc2)c1. The summed E-state index contributed by atoms with van der Waals surface area (Å²) in [5, 5.41) is 11.9. The first-order valence-corrected chi connectivity index (χ1v) is 9.53. The Morgan fingerprint density at radius 2 is 1.90 bits per heavy atom. The van der Waals surface area contributed by atoms with Crippen LogP contribution in [0.3, 0.4) is 0 Å². The maximum Gasteiger partial charge on any atom is 0.328 e. The Hall–Kier alpha value is -3.93. The van der Waals surface area contributed by atoms with E-state index in [9.17, 15) is 9.59 Å². The first-order chi connectivity index (χ1) is 14.6. The molecule has 0 atom stereocenters. The monoisotopic (exact) mass is 402 g/mol. The summed E-state index contributed by atoms with van der Waals surface area (Å²) in [6.45, 7) is 2.17. The lowest BCUT2D eigenvalue weighted by molar-refractivity contribution is -0.131. The number of ether oxygens (including phenoxy) is 1. The Kier molecular flexibility index (Phi) is 6.95. The molecule has 0 saturated heterocycles. The minimum Gasteiger partial charge on any atom is -0.488 e. The van der Waals surface area contributed by atoms with E-state index in [2.05, 4.69) is 10.3 Å². The Morgan fingerprint density at radius 3 is 2.57 bits per heavy atom. The summed E-state index contributed by atoms with van der Waals surface area (Å²) in [4.78, 5) is 28.1. The molecule has 0 radical (unpaired) electrons. The molecule has 0 spiro atoms. The number of hydrogen-bond donors (Lipinski definition) is 2. The van der Waals surface area contributed by atoms with Crippen molar-refractivity contribution in [2.75, 3.05) is 5.32 Å². The molecule has 0 fully saturated rings. The topological polar surface area (TPSA) is 88.5 Å². The molecule has 0 saturated carbocycles. The van der Waals surface area contributed by atoms with Gasteiger partial charge in [0.15, 0.2) is 0 Å². The molecule has 3 aromatic rings. The maximum atomic E-state index is 13.0. The minimum absolute atomic E-state index is 0.305. The van der Waals surface area contributed by atoms with Gasteiger partial charge in [-0.2, -0.15) is 0 Å². The van der Waals surface area contributed by atoms with Crippen LogP contribution >= 0.6 is 0 Å². The number of allylic oxidation sites excluding steroid dienone is 1. The minimum atomic E-state index is -1.03. The van der Waals surface area contributed by atoms with Gasteiger partial charge >= 0.3 is 5.97 Å². The first kappa shape index (κ1) is 20.8. The van der Waals surface area contributed by atoms with E-state index in [0.29, 0.717) is 41.2 Å². The molecule has 0 bridgehead atoms. The average Bonchev–Trinajstić information content (AvgIpc) is 2.77. The molecule has 1 aromatic heterocycles. The molecule has 2 aromatic carbocycles.